The molecule has 1 rings (SSSR count). The molecular formula is C9H10. The summed E-state index contributed by atoms with van der Waals surface area (Å²) in [6, 6.07) is 10.1. The number of allylic oxidation sites excluding steroid dienone is 1. The van der Waals surface area contributed by atoms with Gasteiger partial charge >= 0.3 is 0 Å². The van der Waals surface area contributed by atoms with Crippen LogP contribution in [0.25, 0.3) is 0 Å². The Kier molecular flexibility index (Phi) is 1.64. The highest BCUT2D eigenvalue weighted by atomic mass is 13.9. The summed E-state index contributed by atoms with van der Waals surface area (Å²) in [4.78, 5) is 0. The standard InChI is InChI=1S/C9H10/c1-2-6-9-7-4-3-5-8-9/h2-5,7-8H,1,6H2/i1D. The summed E-state index contributed by atoms with van der Waals surface area (Å²) in [6.07, 6.45) is 2.69. The van der Waals surface area contributed by atoms with Crippen LogP contribution in [0.2, 0.25) is 0 Å². The third-order valence-corrected chi connectivity index (χ3v) is 1.20. The van der Waals surface area contributed by atoms with Gasteiger partial charge in [-0.2, -0.15) is 0 Å². The first kappa shape index (κ1) is 4.80. The van der Waals surface area contributed by atoms with E-state index in [9.17, 15) is 0 Å². The Balaban J connectivity index is 2.59. The van der Waals surface area contributed by atoms with Crippen molar-refractivity contribution in [1.82, 2.24) is 0 Å². The van der Waals surface area contributed by atoms with Gasteiger partial charge in [-0.1, -0.05) is 36.4 Å². The maximum absolute atomic E-state index is 6.77. The summed E-state index contributed by atoms with van der Waals surface area (Å²) in [7, 11) is 0. The predicted octanol–water partition coefficient (Wildman–Crippen LogP) is 2.42. The molecule has 0 saturated heterocycles. The van der Waals surface area contributed by atoms with E-state index in [1.807, 2.05) is 24.3 Å². The minimum Gasteiger partial charge on any atom is -0.103 e. The van der Waals surface area contributed by atoms with Gasteiger partial charge in [-0.05, 0) is 12.0 Å². The molecule has 0 N–H and O–H groups in total. The first-order valence-corrected chi connectivity index (χ1v) is 3.01. The molecule has 1 aromatic carbocycles. The Morgan fingerprint density at radius 3 is 2.89 bits per heavy atom. The highest BCUT2D eigenvalue weighted by molar-refractivity contribution is 5.16. The molecule has 0 aliphatic carbocycles. The fourth-order valence-electron chi connectivity index (χ4n) is 0.750. The van der Waals surface area contributed by atoms with Crippen LogP contribution >= 0.6 is 0 Å². The summed E-state index contributed by atoms with van der Waals surface area (Å²) in [5, 5.41) is 0. The van der Waals surface area contributed by atoms with Gasteiger partial charge in [0.25, 0.3) is 0 Å². The van der Waals surface area contributed by atoms with Crippen LogP contribution in [0, 0.1) is 0 Å². The largest absolute Gasteiger partial charge is 0.103 e. The van der Waals surface area contributed by atoms with Crippen LogP contribution in [-0.2, 0) is 6.42 Å². The van der Waals surface area contributed by atoms with Crippen molar-refractivity contribution in [3.05, 3.63) is 48.5 Å². The smallest absolute Gasteiger partial charge is 0.0535 e. The zero-order valence-electron chi connectivity index (χ0n) is 6.25. The molecule has 0 nitrogen and oxygen atoms in total. The van der Waals surface area contributed by atoms with Crippen molar-refractivity contribution >= 4 is 0 Å². The lowest BCUT2D eigenvalue weighted by Crippen LogP contribution is -1.75. The predicted molar refractivity (Wildman–Crippen MR) is 40.3 cm³/mol. The third kappa shape index (κ3) is 1.73. The van der Waals surface area contributed by atoms with Crippen molar-refractivity contribution < 1.29 is 1.37 Å². The molecule has 9 heavy (non-hydrogen) atoms. The van der Waals surface area contributed by atoms with Crippen molar-refractivity contribution in [1.29, 1.82) is 0 Å². The molecule has 1 aromatic rings. The second-order valence-electron chi connectivity index (χ2n) is 1.93. The van der Waals surface area contributed by atoms with Crippen LogP contribution in [0.3, 0.4) is 0 Å². The van der Waals surface area contributed by atoms with Crippen molar-refractivity contribution in [3.63, 3.8) is 0 Å². The highest BCUT2D eigenvalue weighted by Crippen LogP contribution is 1.98. The molecule has 0 spiro atoms. The van der Waals surface area contributed by atoms with E-state index in [0.717, 1.165) is 6.42 Å². The van der Waals surface area contributed by atoms with Crippen LogP contribution in [0.4, 0.5) is 0 Å². The normalized spacial score (nSPS) is 11.8. The van der Waals surface area contributed by atoms with Gasteiger partial charge in [-0.3, -0.25) is 0 Å². The lowest BCUT2D eigenvalue weighted by Gasteiger charge is -1.91. The summed E-state index contributed by atoms with van der Waals surface area (Å²) >= 11 is 0. The first-order chi connectivity index (χ1) is 4.93. The van der Waals surface area contributed by atoms with E-state index in [1.54, 1.807) is 0 Å². The highest BCUT2D eigenvalue weighted by Gasteiger charge is 1.82. The number of benzene rings is 1. The number of hydrogen-bond donors (Lipinski definition) is 0. The van der Waals surface area contributed by atoms with Crippen LogP contribution in [-0.4, -0.2) is 0 Å². The van der Waals surface area contributed by atoms with Crippen LogP contribution in [0.1, 0.15) is 6.93 Å². The average molecular weight is 119 g/mol. The molecule has 0 aromatic heterocycles. The topological polar surface area (TPSA) is 0 Å². The SMILES string of the molecule is [2H]C=CCc1ccccc1. The van der Waals surface area contributed by atoms with Crippen LogP contribution < -0.4 is 0 Å². The second kappa shape index (κ2) is 3.08. The molecule has 0 aliphatic heterocycles. The summed E-state index contributed by atoms with van der Waals surface area (Å²) in [5.74, 6) is 0. The van der Waals surface area contributed by atoms with Crippen molar-refractivity contribution in [2.75, 3.05) is 0 Å². The third-order valence-electron chi connectivity index (χ3n) is 1.20. The van der Waals surface area contributed by atoms with Crippen molar-refractivity contribution in [2.45, 2.75) is 6.42 Å². The average Bonchev–Trinajstić information content (AvgIpc) is 2.03. The van der Waals surface area contributed by atoms with E-state index in [0.29, 0.717) is 0 Å². The minimum atomic E-state index is 0.865. The maximum Gasteiger partial charge on any atom is 0.0535 e. The zero-order chi connectivity index (χ0) is 7.23. The summed E-state index contributed by atoms with van der Waals surface area (Å²) in [6.45, 7) is 1.33. The summed E-state index contributed by atoms with van der Waals surface area (Å²) in [5.41, 5.74) is 1.26. The molecule has 0 radical (unpaired) electrons. The van der Waals surface area contributed by atoms with E-state index in [2.05, 4.69) is 12.1 Å². The van der Waals surface area contributed by atoms with Gasteiger partial charge in [0.15, 0.2) is 0 Å². The second-order valence-corrected chi connectivity index (χ2v) is 1.93. The number of hydrogen-bond acceptors (Lipinski definition) is 0. The van der Waals surface area contributed by atoms with Gasteiger partial charge in [0.1, 0.15) is 0 Å². The van der Waals surface area contributed by atoms with Gasteiger partial charge in [0.2, 0.25) is 0 Å². The molecular weight excluding hydrogens is 108 g/mol. The summed E-state index contributed by atoms with van der Waals surface area (Å²) < 4.78 is 6.77. The quantitative estimate of drug-likeness (QED) is 0.524. The van der Waals surface area contributed by atoms with Gasteiger partial charge in [0.05, 0.1) is 1.37 Å². The van der Waals surface area contributed by atoms with Gasteiger partial charge in [-0.25, -0.2) is 0 Å². The fourth-order valence-corrected chi connectivity index (χ4v) is 0.750. The van der Waals surface area contributed by atoms with E-state index < -0.39 is 0 Å². The molecule has 0 bridgehead atoms. The Hall–Kier alpha value is -1.04. The van der Waals surface area contributed by atoms with E-state index in [1.165, 1.54) is 12.1 Å². The first-order valence-electron chi connectivity index (χ1n) is 3.58. The van der Waals surface area contributed by atoms with Crippen LogP contribution in [0.5, 0.6) is 0 Å². The molecule has 0 amide bonds. The maximum atomic E-state index is 6.77. The molecule has 0 aliphatic rings. The van der Waals surface area contributed by atoms with Gasteiger partial charge in [-0.15, -0.1) is 6.55 Å². The molecule has 0 heterocycles. The van der Waals surface area contributed by atoms with Crippen molar-refractivity contribution in [2.24, 2.45) is 0 Å². The Labute approximate surface area is 57.2 Å². The molecule has 0 saturated carbocycles. The monoisotopic (exact) mass is 119 g/mol. The molecule has 0 fully saturated rings. The minimum absolute atomic E-state index is 0.865. The van der Waals surface area contributed by atoms with E-state index in [-0.39, 0.29) is 0 Å². The van der Waals surface area contributed by atoms with Gasteiger partial charge in [0, 0.05) is 0 Å². The van der Waals surface area contributed by atoms with Gasteiger partial charge < -0.3 is 0 Å². The van der Waals surface area contributed by atoms with E-state index in [4.69, 9.17) is 1.37 Å². The number of rotatable bonds is 2. The molecule has 46 valence electrons. The fraction of sp³-hybridized carbons (Fsp3) is 0.111. The van der Waals surface area contributed by atoms with E-state index >= 15 is 0 Å². The molecule has 0 atom stereocenters. The Bertz CT molecular complexity index is 201. The lowest BCUT2D eigenvalue weighted by molar-refractivity contribution is 1.28. The Morgan fingerprint density at radius 1 is 1.44 bits per heavy atom. The van der Waals surface area contributed by atoms with Crippen LogP contribution in [0.15, 0.2) is 43.0 Å². The zero-order valence-corrected chi connectivity index (χ0v) is 5.25. The lowest BCUT2D eigenvalue weighted by atomic mass is 10.2. The molecule has 0 heteroatoms. The Morgan fingerprint density at radius 2 is 2.22 bits per heavy atom. The molecule has 0 unspecified atom stereocenters. The van der Waals surface area contributed by atoms with Crippen molar-refractivity contribution in [3.8, 4) is 0 Å².